The molecule has 0 radical (unpaired) electrons. The van der Waals surface area contributed by atoms with Crippen LogP contribution < -0.4 is 15.8 Å². The van der Waals surface area contributed by atoms with Gasteiger partial charge in [0.15, 0.2) is 0 Å². The summed E-state index contributed by atoms with van der Waals surface area (Å²) in [4.78, 5) is 15.7. The minimum atomic E-state index is -0.325. The van der Waals surface area contributed by atoms with Crippen LogP contribution in [0.4, 0.5) is 5.69 Å². The minimum absolute atomic E-state index is 0.167. The SMILES string of the molecule is COc1cc(N)c(Cl)cc1C(=O)NC12CCCC(CC1)N2Cc1ccccc1. The van der Waals surface area contributed by atoms with Crippen LogP contribution in [0, 0.1) is 0 Å². The number of carbonyl (C=O) groups excluding carboxylic acids is 1. The first-order valence-electron chi connectivity index (χ1n) is 9.78. The standard InChI is InChI=1S/C22H26ClN3O2/c1-28-20-13-19(24)18(23)12-17(20)21(27)25-22-10-5-8-16(9-11-22)26(22)14-15-6-3-2-4-7-15/h2-4,6-7,12-13,16H,5,8-11,14,24H2,1H3,(H,25,27). The normalized spacial score (nSPS) is 24.1. The molecule has 5 nitrogen and oxygen atoms in total. The van der Waals surface area contributed by atoms with Gasteiger partial charge in [-0.25, -0.2) is 0 Å². The molecule has 2 bridgehead atoms. The molecule has 1 amide bonds. The van der Waals surface area contributed by atoms with Gasteiger partial charge in [-0.05, 0) is 43.7 Å². The number of benzene rings is 2. The average Bonchev–Trinajstić information content (AvgIpc) is 2.88. The highest BCUT2D eigenvalue weighted by Gasteiger charge is 2.49. The number of hydrogen-bond donors (Lipinski definition) is 2. The van der Waals surface area contributed by atoms with Gasteiger partial charge in [-0.2, -0.15) is 0 Å². The van der Waals surface area contributed by atoms with Gasteiger partial charge in [0.05, 0.1) is 29.0 Å². The van der Waals surface area contributed by atoms with Crippen LogP contribution in [-0.4, -0.2) is 29.6 Å². The van der Waals surface area contributed by atoms with Gasteiger partial charge >= 0.3 is 0 Å². The quantitative estimate of drug-likeness (QED) is 0.739. The lowest BCUT2D eigenvalue weighted by Crippen LogP contribution is -2.60. The summed E-state index contributed by atoms with van der Waals surface area (Å²) in [6, 6.07) is 14.2. The van der Waals surface area contributed by atoms with Crippen molar-refractivity contribution >= 4 is 23.2 Å². The van der Waals surface area contributed by atoms with Gasteiger partial charge in [-0.3, -0.25) is 9.69 Å². The molecule has 2 aliphatic rings. The molecule has 0 aliphatic carbocycles. The second-order valence-electron chi connectivity index (χ2n) is 7.76. The zero-order chi connectivity index (χ0) is 19.7. The molecule has 2 atom stereocenters. The molecule has 2 aromatic rings. The largest absolute Gasteiger partial charge is 0.496 e. The number of methoxy groups -OCH3 is 1. The second-order valence-corrected chi connectivity index (χ2v) is 8.17. The van der Waals surface area contributed by atoms with E-state index in [9.17, 15) is 4.79 Å². The molecule has 3 N–H and O–H groups in total. The van der Waals surface area contributed by atoms with Crippen molar-refractivity contribution in [1.29, 1.82) is 0 Å². The number of piperidine rings is 1. The Morgan fingerprint density at radius 1 is 1.29 bits per heavy atom. The van der Waals surface area contributed by atoms with E-state index in [1.807, 2.05) is 6.07 Å². The number of hydrogen-bond acceptors (Lipinski definition) is 4. The molecule has 2 unspecified atom stereocenters. The number of anilines is 1. The number of fused-ring (bicyclic) bond motifs is 2. The van der Waals surface area contributed by atoms with Crippen LogP contribution in [0.2, 0.25) is 5.02 Å². The number of rotatable bonds is 5. The number of ether oxygens (including phenoxy) is 1. The maximum Gasteiger partial charge on any atom is 0.256 e. The highest BCUT2D eigenvalue weighted by atomic mass is 35.5. The first-order chi connectivity index (χ1) is 13.5. The van der Waals surface area contributed by atoms with Gasteiger partial charge in [0, 0.05) is 18.7 Å². The van der Waals surface area contributed by atoms with Crippen molar-refractivity contribution in [1.82, 2.24) is 10.2 Å². The van der Waals surface area contributed by atoms with Crippen molar-refractivity contribution in [3.05, 3.63) is 58.6 Å². The second kappa shape index (κ2) is 7.64. The summed E-state index contributed by atoms with van der Waals surface area (Å²) in [5, 5.41) is 3.70. The molecule has 28 heavy (non-hydrogen) atoms. The molecule has 2 heterocycles. The van der Waals surface area contributed by atoms with Gasteiger partial charge < -0.3 is 15.8 Å². The lowest BCUT2D eigenvalue weighted by molar-refractivity contribution is 0.0184. The van der Waals surface area contributed by atoms with Crippen LogP contribution >= 0.6 is 11.6 Å². The average molecular weight is 400 g/mol. The monoisotopic (exact) mass is 399 g/mol. The van der Waals surface area contributed by atoms with E-state index in [1.165, 1.54) is 19.1 Å². The van der Waals surface area contributed by atoms with Gasteiger partial charge in [0.25, 0.3) is 5.91 Å². The molecule has 2 aliphatic heterocycles. The fraction of sp³-hybridized carbons (Fsp3) is 0.409. The Morgan fingerprint density at radius 3 is 2.82 bits per heavy atom. The molecule has 6 heteroatoms. The molecule has 2 fully saturated rings. The van der Waals surface area contributed by atoms with Crippen LogP contribution in [0.5, 0.6) is 5.75 Å². The van der Waals surface area contributed by atoms with E-state index >= 15 is 0 Å². The zero-order valence-corrected chi connectivity index (χ0v) is 16.8. The zero-order valence-electron chi connectivity index (χ0n) is 16.1. The van der Waals surface area contributed by atoms with Gasteiger partial charge in [0.1, 0.15) is 5.75 Å². The summed E-state index contributed by atoms with van der Waals surface area (Å²) >= 11 is 6.17. The molecule has 2 saturated heterocycles. The Hall–Kier alpha value is -2.24. The maximum atomic E-state index is 13.2. The molecule has 0 aromatic heterocycles. The molecular formula is C22H26ClN3O2. The van der Waals surface area contributed by atoms with Crippen molar-refractivity contribution in [2.75, 3.05) is 12.8 Å². The van der Waals surface area contributed by atoms with E-state index in [-0.39, 0.29) is 11.6 Å². The Labute approximate surface area is 170 Å². The number of nitrogen functional groups attached to an aromatic ring is 1. The third-order valence-corrected chi connectivity index (χ3v) is 6.44. The van der Waals surface area contributed by atoms with Crippen LogP contribution in [0.25, 0.3) is 0 Å². The lowest BCUT2D eigenvalue weighted by Gasteiger charge is -2.45. The number of nitrogens with one attached hydrogen (secondary N) is 1. The highest BCUT2D eigenvalue weighted by Crippen LogP contribution is 2.43. The summed E-state index contributed by atoms with van der Waals surface area (Å²) < 4.78 is 5.38. The van der Waals surface area contributed by atoms with Crippen LogP contribution in [0.3, 0.4) is 0 Å². The smallest absolute Gasteiger partial charge is 0.256 e. The molecule has 0 saturated carbocycles. The van der Waals surface area contributed by atoms with Gasteiger partial charge in [-0.1, -0.05) is 41.9 Å². The van der Waals surface area contributed by atoms with E-state index in [1.54, 1.807) is 12.1 Å². The fourth-order valence-corrected chi connectivity index (χ4v) is 4.87. The van der Waals surface area contributed by atoms with Crippen LogP contribution in [-0.2, 0) is 6.54 Å². The minimum Gasteiger partial charge on any atom is -0.496 e. The van der Waals surface area contributed by atoms with E-state index in [0.29, 0.717) is 28.1 Å². The molecular weight excluding hydrogens is 374 g/mol. The third kappa shape index (κ3) is 3.45. The topological polar surface area (TPSA) is 67.6 Å². The van der Waals surface area contributed by atoms with Crippen molar-refractivity contribution in [3.8, 4) is 5.75 Å². The number of carbonyl (C=O) groups is 1. The predicted molar refractivity (Wildman–Crippen MR) is 111 cm³/mol. The third-order valence-electron chi connectivity index (χ3n) is 6.11. The van der Waals surface area contributed by atoms with Crippen LogP contribution in [0.1, 0.15) is 48.0 Å². The summed E-state index contributed by atoms with van der Waals surface area (Å²) in [5.74, 6) is 0.273. The predicted octanol–water partition coefficient (Wildman–Crippen LogP) is 4.21. The van der Waals surface area contributed by atoms with Gasteiger partial charge in [0.2, 0.25) is 0 Å². The summed E-state index contributed by atoms with van der Waals surface area (Å²) in [7, 11) is 1.53. The first kappa shape index (κ1) is 19.1. The Morgan fingerprint density at radius 2 is 2.07 bits per heavy atom. The van der Waals surface area contributed by atoms with Crippen molar-refractivity contribution in [2.24, 2.45) is 0 Å². The summed E-state index contributed by atoms with van der Waals surface area (Å²) in [6.45, 7) is 0.839. The summed E-state index contributed by atoms with van der Waals surface area (Å²) in [5.41, 5.74) is 7.63. The molecule has 4 rings (SSSR count). The van der Waals surface area contributed by atoms with E-state index in [2.05, 4.69) is 34.5 Å². The van der Waals surface area contributed by atoms with Crippen molar-refractivity contribution in [3.63, 3.8) is 0 Å². The van der Waals surface area contributed by atoms with Crippen molar-refractivity contribution in [2.45, 2.75) is 50.4 Å². The number of nitrogens with two attached hydrogens (primary N) is 1. The summed E-state index contributed by atoms with van der Waals surface area (Å²) in [6.07, 6.45) is 5.32. The van der Waals surface area contributed by atoms with Crippen LogP contribution in [0.15, 0.2) is 42.5 Å². The molecule has 148 valence electrons. The Balaban J connectivity index is 1.61. The van der Waals surface area contributed by atoms with E-state index < -0.39 is 0 Å². The molecule has 2 aromatic carbocycles. The van der Waals surface area contributed by atoms with Crippen molar-refractivity contribution < 1.29 is 9.53 Å². The Kier molecular flexibility index (Phi) is 5.21. The van der Waals surface area contributed by atoms with Gasteiger partial charge in [-0.15, -0.1) is 0 Å². The fourth-order valence-electron chi connectivity index (χ4n) is 4.70. The number of halogens is 1. The Bertz CT molecular complexity index is 870. The highest BCUT2D eigenvalue weighted by molar-refractivity contribution is 6.33. The van der Waals surface area contributed by atoms with E-state index in [4.69, 9.17) is 22.1 Å². The lowest BCUT2D eigenvalue weighted by atomic mass is 9.95. The molecule has 0 spiro atoms. The number of nitrogens with zero attached hydrogens (tertiary/aromatic N) is 1. The maximum absolute atomic E-state index is 13.2. The number of amides is 1. The van der Waals surface area contributed by atoms with E-state index in [0.717, 1.165) is 32.2 Å². The first-order valence-corrected chi connectivity index (χ1v) is 10.2.